The van der Waals surface area contributed by atoms with Gasteiger partial charge in [0.15, 0.2) is 0 Å². The van der Waals surface area contributed by atoms with Crippen LogP contribution in [0.3, 0.4) is 0 Å². The number of amides is 2. The lowest BCUT2D eigenvalue weighted by Crippen LogP contribution is -2.62. The van der Waals surface area contributed by atoms with Gasteiger partial charge < -0.3 is 4.90 Å². The first-order chi connectivity index (χ1) is 19.9. The molecule has 2 saturated heterocycles. The van der Waals surface area contributed by atoms with Gasteiger partial charge in [-0.2, -0.15) is 0 Å². The topological polar surface area (TPSA) is 26.8 Å². The minimum Gasteiger partial charge on any atom is -0.324 e. The maximum absolute atomic E-state index is 14.2. The maximum Gasteiger partial charge on any atom is 0.324 e. The highest BCUT2D eigenvalue weighted by Gasteiger charge is 2.54. The van der Waals surface area contributed by atoms with Gasteiger partial charge in [-0.25, -0.2) is 18.0 Å². The molecule has 4 aromatic carbocycles. The fraction of sp³-hybridized carbons (Fsp3) is 0.265. The Kier molecular flexibility index (Phi) is 7.54. The summed E-state index contributed by atoms with van der Waals surface area (Å²) < 4.78 is 42.2. The van der Waals surface area contributed by atoms with E-state index in [0.717, 1.165) is 43.1 Å². The maximum atomic E-state index is 14.2. The largest absolute Gasteiger partial charge is 0.324 e. The molecule has 1 unspecified atom stereocenters. The van der Waals surface area contributed by atoms with Crippen LogP contribution in [0, 0.1) is 22.9 Å². The van der Waals surface area contributed by atoms with E-state index in [1.54, 1.807) is 4.90 Å². The molecule has 1 spiro atoms. The Hall–Kier alpha value is -4.10. The number of hydrogen-bond acceptors (Lipinski definition) is 2. The van der Waals surface area contributed by atoms with Crippen molar-refractivity contribution in [3.05, 3.63) is 137 Å². The Labute approximate surface area is 238 Å². The number of rotatable bonds is 6. The number of benzene rings is 4. The predicted octanol–water partition coefficient (Wildman–Crippen LogP) is 7.57. The summed E-state index contributed by atoms with van der Waals surface area (Å²) >= 11 is 0. The van der Waals surface area contributed by atoms with Crippen molar-refractivity contribution in [3.63, 3.8) is 0 Å². The van der Waals surface area contributed by atoms with Crippen LogP contribution in [0.5, 0.6) is 0 Å². The molecule has 0 aliphatic carbocycles. The first kappa shape index (κ1) is 27.1. The van der Waals surface area contributed by atoms with Crippen LogP contribution >= 0.6 is 0 Å². The van der Waals surface area contributed by atoms with Crippen molar-refractivity contribution in [2.75, 3.05) is 24.5 Å². The summed E-state index contributed by atoms with van der Waals surface area (Å²) in [7, 11) is 0. The number of hydrogen-bond donors (Lipinski definition) is 0. The molecule has 4 aromatic rings. The van der Waals surface area contributed by atoms with Gasteiger partial charge in [0.25, 0.3) is 0 Å². The second-order valence-electron chi connectivity index (χ2n) is 11.2. The number of piperidine rings is 1. The molecule has 0 radical (unpaired) electrons. The van der Waals surface area contributed by atoms with Gasteiger partial charge in [0.05, 0.1) is 12.2 Å². The van der Waals surface area contributed by atoms with Gasteiger partial charge in [-0.15, -0.1) is 0 Å². The molecular weight excluding hydrogens is 523 g/mol. The lowest BCUT2D eigenvalue weighted by Gasteiger charge is -2.61. The van der Waals surface area contributed by atoms with Gasteiger partial charge >= 0.3 is 6.03 Å². The number of halogens is 3. The third-order valence-electron chi connectivity index (χ3n) is 8.48. The first-order valence-corrected chi connectivity index (χ1v) is 14.0. The van der Waals surface area contributed by atoms with Crippen LogP contribution in [-0.4, -0.2) is 35.5 Å². The van der Waals surface area contributed by atoms with Crippen LogP contribution in [0.1, 0.15) is 35.6 Å². The van der Waals surface area contributed by atoms with Crippen LogP contribution < -0.4 is 4.90 Å². The summed E-state index contributed by atoms with van der Waals surface area (Å²) in [5.41, 5.74) is 3.32. The van der Waals surface area contributed by atoms with Crippen molar-refractivity contribution >= 4 is 11.7 Å². The third kappa shape index (κ3) is 5.72. The number of nitrogens with zero attached hydrogens (tertiary/aromatic N) is 3. The highest BCUT2D eigenvalue weighted by molar-refractivity contribution is 5.92. The predicted molar refractivity (Wildman–Crippen MR) is 154 cm³/mol. The molecule has 210 valence electrons. The van der Waals surface area contributed by atoms with Gasteiger partial charge in [-0.05, 0) is 53.8 Å². The van der Waals surface area contributed by atoms with E-state index in [0.29, 0.717) is 13.1 Å². The van der Waals surface area contributed by atoms with Crippen LogP contribution in [0.4, 0.5) is 23.7 Å². The van der Waals surface area contributed by atoms with Crippen LogP contribution in [0.2, 0.25) is 0 Å². The Morgan fingerprint density at radius 1 is 0.756 bits per heavy atom. The molecule has 2 aliphatic heterocycles. The van der Waals surface area contributed by atoms with Crippen molar-refractivity contribution in [3.8, 4) is 0 Å². The number of carbonyl (C=O) groups is 1. The van der Waals surface area contributed by atoms with E-state index in [1.807, 2.05) is 60.7 Å². The molecule has 4 nitrogen and oxygen atoms in total. The van der Waals surface area contributed by atoms with Gasteiger partial charge in [-0.1, -0.05) is 72.8 Å². The summed E-state index contributed by atoms with van der Waals surface area (Å²) in [6.45, 7) is 2.93. The summed E-state index contributed by atoms with van der Waals surface area (Å²) in [5, 5.41) is 0. The molecule has 0 saturated carbocycles. The number of anilines is 1. The Morgan fingerprint density at radius 2 is 1.34 bits per heavy atom. The summed E-state index contributed by atoms with van der Waals surface area (Å²) in [5.74, 6) is -1.71. The Morgan fingerprint density at radius 3 is 1.95 bits per heavy atom. The van der Waals surface area contributed by atoms with Crippen molar-refractivity contribution in [2.24, 2.45) is 5.41 Å². The quantitative estimate of drug-likeness (QED) is 0.245. The molecule has 2 fully saturated rings. The Balaban J connectivity index is 1.22. The molecule has 2 heterocycles. The SMILES string of the molecule is O=C(N1CCC2(CC1)CN(Cc1ccccc1)C2c1ccc(F)cc1)N(Cc1ccccc1)c1cc(F)cc(F)c1. The highest BCUT2D eigenvalue weighted by atomic mass is 19.1. The average molecular weight is 556 g/mol. The number of likely N-dealkylation sites (tertiary alicyclic amines) is 2. The fourth-order valence-electron chi connectivity index (χ4n) is 6.51. The number of urea groups is 1. The normalized spacial score (nSPS) is 18.2. The summed E-state index contributed by atoms with van der Waals surface area (Å²) in [4.78, 5) is 19.6. The van der Waals surface area contributed by atoms with Crippen LogP contribution in [-0.2, 0) is 13.1 Å². The van der Waals surface area contributed by atoms with E-state index >= 15 is 0 Å². The van der Waals surface area contributed by atoms with Gasteiger partial charge in [0.2, 0.25) is 0 Å². The molecular formula is C34H32F3N3O. The number of carbonyl (C=O) groups excluding carboxylic acids is 1. The standard InChI is InChI=1S/C34H32F3N3O/c35-28-13-11-27(12-14-28)32-34(24-39(32)22-25-7-3-1-4-8-25)15-17-38(18-16-34)33(41)40(23-26-9-5-2-6-10-26)31-20-29(36)19-30(37)21-31/h1-14,19-21,32H,15-18,22-24H2. The van der Waals surface area contributed by atoms with E-state index in [2.05, 4.69) is 17.0 Å². The second-order valence-corrected chi connectivity index (χ2v) is 11.2. The zero-order valence-corrected chi connectivity index (χ0v) is 22.7. The molecule has 7 heteroatoms. The molecule has 6 rings (SSSR count). The van der Waals surface area contributed by atoms with E-state index in [9.17, 15) is 18.0 Å². The van der Waals surface area contributed by atoms with Crippen molar-refractivity contribution in [1.29, 1.82) is 0 Å². The Bertz CT molecular complexity index is 1470. The zero-order valence-electron chi connectivity index (χ0n) is 22.7. The molecule has 2 aliphatic rings. The van der Waals surface area contributed by atoms with Crippen LogP contribution in [0.25, 0.3) is 0 Å². The summed E-state index contributed by atoms with van der Waals surface area (Å²) in [6, 6.07) is 29.6. The van der Waals surface area contributed by atoms with Crippen molar-refractivity contribution in [2.45, 2.75) is 32.0 Å². The lowest BCUT2D eigenvalue weighted by molar-refractivity contribution is -0.112. The van der Waals surface area contributed by atoms with E-state index in [4.69, 9.17) is 0 Å². The van der Waals surface area contributed by atoms with Crippen LogP contribution in [0.15, 0.2) is 103 Å². The minimum absolute atomic E-state index is 0.0430. The molecule has 1 atom stereocenters. The average Bonchev–Trinajstić information content (AvgIpc) is 2.97. The molecule has 0 N–H and O–H groups in total. The lowest BCUT2D eigenvalue weighted by atomic mass is 9.63. The zero-order chi connectivity index (χ0) is 28.4. The van der Waals surface area contributed by atoms with E-state index in [-0.39, 0.29) is 35.5 Å². The summed E-state index contributed by atoms with van der Waals surface area (Å²) in [6.07, 6.45) is 1.56. The van der Waals surface area contributed by atoms with Gasteiger partial charge in [0.1, 0.15) is 17.5 Å². The fourth-order valence-corrected chi connectivity index (χ4v) is 6.51. The molecule has 41 heavy (non-hydrogen) atoms. The van der Waals surface area contributed by atoms with E-state index < -0.39 is 11.6 Å². The smallest absolute Gasteiger partial charge is 0.324 e. The second kappa shape index (κ2) is 11.4. The molecule has 0 aromatic heterocycles. The third-order valence-corrected chi connectivity index (χ3v) is 8.48. The van der Waals surface area contributed by atoms with Crippen molar-refractivity contribution < 1.29 is 18.0 Å². The molecule has 2 amide bonds. The monoisotopic (exact) mass is 555 g/mol. The highest BCUT2D eigenvalue weighted by Crippen LogP contribution is 2.55. The van der Waals surface area contributed by atoms with Gasteiger partial charge in [-0.3, -0.25) is 9.80 Å². The minimum atomic E-state index is -0.724. The molecule has 0 bridgehead atoms. The van der Waals surface area contributed by atoms with Crippen molar-refractivity contribution in [1.82, 2.24) is 9.80 Å². The van der Waals surface area contributed by atoms with E-state index in [1.165, 1.54) is 34.7 Å². The van der Waals surface area contributed by atoms with Gasteiger partial charge in [0, 0.05) is 43.7 Å². The first-order valence-electron chi connectivity index (χ1n) is 14.0.